The lowest BCUT2D eigenvalue weighted by molar-refractivity contribution is -0.133. The summed E-state index contributed by atoms with van der Waals surface area (Å²) in [5.74, 6) is 0.401. The van der Waals surface area contributed by atoms with Crippen molar-refractivity contribution in [2.75, 3.05) is 6.61 Å². The first-order valence-electron chi connectivity index (χ1n) is 10.2. The molecule has 0 bridgehead atoms. The van der Waals surface area contributed by atoms with Gasteiger partial charge in [-0.05, 0) is 47.3 Å². The van der Waals surface area contributed by atoms with Crippen LogP contribution in [-0.4, -0.2) is 20.9 Å². The van der Waals surface area contributed by atoms with Crippen LogP contribution in [0.4, 0.5) is 0 Å². The maximum Gasteiger partial charge on any atom is 0.339 e. The Morgan fingerprint density at radius 1 is 0.966 bits per heavy atom. The van der Waals surface area contributed by atoms with Crippen LogP contribution in [0.15, 0.2) is 84.1 Å². The van der Waals surface area contributed by atoms with Gasteiger partial charge in [-0.2, -0.15) is 0 Å². The molecule has 0 saturated heterocycles. The zero-order chi connectivity index (χ0) is 20.9. The molecule has 0 atom stereocenters. The number of ether oxygens (including phenoxy) is 1. The van der Waals surface area contributed by atoms with Crippen LogP contribution in [0.25, 0.3) is 0 Å². The summed E-state index contributed by atoms with van der Waals surface area (Å²) in [5, 5.41) is 2.57. The molecule has 1 aliphatic heterocycles. The maximum absolute atomic E-state index is 11.5. The number of allylic oxidation sites excluding steroid dienone is 2. The van der Waals surface area contributed by atoms with Crippen molar-refractivity contribution in [2.24, 2.45) is 0 Å². The van der Waals surface area contributed by atoms with E-state index in [1.165, 1.54) is 10.4 Å². The molecule has 0 radical (unpaired) electrons. The molecular formula is C25H30O3Si. The molecule has 4 heteroatoms. The van der Waals surface area contributed by atoms with Crippen LogP contribution in [0.3, 0.4) is 0 Å². The Morgan fingerprint density at radius 2 is 1.52 bits per heavy atom. The van der Waals surface area contributed by atoms with Gasteiger partial charge in [-0.15, -0.1) is 0 Å². The minimum absolute atomic E-state index is 0.0188. The van der Waals surface area contributed by atoms with Gasteiger partial charge in [0, 0.05) is 12.2 Å². The lowest BCUT2D eigenvalue weighted by atomic mass is 10.2. The van der Waals surface area contributed by atoms with E-state index in [4.69, 9.17) is 9.16 Å². The van der Waals surface area contributed by atoms with Crippen LogP contribution < -0.4 is 10.4 Å². The Kier molecular flexibility index (Phi) is 6.55. The van der Waals surface area contributed by atoms with Gasteiger partial charge in [-0.25, -0.2) is 4.79 Å². The number of carbonyl (C=O) groups is 1. The van der Waals surface area contributed by atoms with Crippen molar-refractivity contribution in [3.63, 3.8) is 0 Å². The highest BCUT2D eigenvalue weighted by Gasteiger charge is 2.49. The lowest BCUT2D eigenvalue weighted by Gasteiger charge is -2.43. The summed E-state index contributed by atoms with van der Waals surface area (Å²) in [4.78, 5) is 11.5. The molecule has 152 valence electrons. The molecule has 0 fully saturated rings. The minimum Gasteiger partial charge on any atom is -0.424 e. The topological polar surface area (TPSA) is 35.5 Å². The van der Waals surface area contributed by atoms with Gasteiger partial charge in [-0.1, -0.05) is 81.4 Å². The lowest BCUT2D eigenvalue weighted by Crippen LogP contribution is -2.66. The van der Waals surface area contributed by atoms with Crippen molar-refractivity contribution in [3.8, 4) is 0 Å². The summed E-state index contributed by atoms with van der Waals surface area (Å²) < 4.78 is 12.1. The number of benzene rings is 2. The zero-order valence-corrected chi connectivity index (χ0v) is 18.8. The fourth-order valence-corrected chi connectivity index (χ4v) is 8.51. The van der Waals surface area contributed by atoms with Gasteiger partial charge in [0.1, 0.15) is 5.76 Å². The third kappa shape index (κ3) is 4.60. The van der Waals surface area contributed by atoms with Crippen LogP contribution >= 0.6 is 0 Å². The highest BCUT2D eigenvalue weighted by Crippen LogP contribution is 2.36. The van der Waals surface area contributed by atoms with E-state index >= 15 is 0 Å². The van der Waals surface area contributed by atoms with E-state index in [0.29, 0.717) is 17.9 Å². The normalized spacial score (nSPS) is 16.1. The fourth-order valence-electron chi connectivity index (χ4n) is 3.90. The number of unbranched alkanes of at least 4 members (excludes halogenated alkanes) is 1. The zero-order valence-electron chi connectivity index (χ0n) is 17.8. The quantitative estimate of drug-likeness (QED) is 0.379. The third-order valence-electron chi connectivity index (χ3n) is 5.32. The molecule has 2 aromatic carbocycles. The summed E-state index contributed by atoms with van der Waals surface area (Å²) >= 11 is 0. The van der Waals surface area contributed by atoms with Gasteiger partial charge in [-0.3, -0.25) is 0 Å². The predicted molar refractivity (Wildman–Crippen MR) is 121 cm³/mol. The van der Waals surface area contributed by atoms with Crippen molar-refractivity contribution < 1.29 is 14.0 Å². The molecule has 0 saturated carbocycles. The molecule has 1 heterocycles. The van der Waals surface area contributed by atoms with E-state index in [2.05, 4.69) is 81.4 Å². The average Bonchev–Trinajstić information content (AvgIpc) is 3.02. The van der Waals surface area contributed by atoms with E-state index < -0.39 is 8.32 Å². The molecule has 3 nitrogen and oxygen atoms in total. The molecule has 1 aliphatic rings. The van der Waals surface area contributed by atoms with Crippen LogP contribution in [0.1, 0.15) is 40.5 Å². The summed E-state index contributed by atoms with van der Waals surface area (Å²) in [7, 11) is -2.47. The number of hydrogen-bond acceptors (Lipinski definition) is 3. The van der Waals surface area contributed by atoms with E-state index in [1.807, 2.05) is 6.08 Å². The van der Waals surface area contributed by atoms with E-state index in [9.17, 15) is 4.79 Å². The number of cyclic esters (lactones) is 1. The summed E-state index contributed by atoms with van der Waals surface area (Å²) in [6.07, 6.45) is 5.46. The van der Waals surface area contributed by atoms with Crippen LogP contribution in [0, 0.1) is 0 Å². The summed E-state index contributed by atoms with van der Waals surface area (Å²) in [6.45, 7) is 9.29. The molecule has 0 unspecified atom stereocenters. The molecular weight excluding hydrogens is 376 g/mol. The number of rotatable bonds is 7. The van der Waals surface area contributed by atoms with Gasteiger partial charge in [0.2, 0.25) is 0 Å². The van der Waals surface area contributed by atoms with E-state index in [0.717, 1.165) is 12.8 Å². The number of hydrogen-bond donors (Lipinski definition) is 0. The van der Waals surface area contributed by atoms with Crippen molar-refractivity contribution >= 4 is 24.7 Å². The first kappa shape index (κ1) is 21.3. The molecule has 29 heavy (non-hydrogen) atoms. The largest absolute Gasteiger partial charge is 0.424 e. The second kappa shape index (κ2) is 8.93. The first-order chi connectivity index (χ1) is 13.8. The SMILES string of the molecule is CC1=C/C(=C/CCCO[Si](c2ccccc2)(c2ccccc2)C(C)(C)C)OC1=O. The summed E-state index contributed by atoms with van der Waals surface area (Å²) in [6, 6.07) is 21.3. The highest BCUT2D eigenvalue weighted by atomic mass is 28.4. The molecule has 2 aromatic rings. The third-order valence-corrected chi connectivity index (χ3v) is 10.4. The van der Waals surface area contributed by atoms with Gasteiger partial charge in [0.05, 0.1) is 0 Å². The molecule has 0 amide bonds. The predicted octanol–water partition coefficient (Wildman–Crippen LogP) is 4.73. The minimum atomic E-state index is -2.47. The van der Waals surface area contributed by atoms with E-state index in [-0.39, 0.29) is 11.0 Å². The van der Waals surface area contributed by atoms with Crippen LogP contribution in [0.2, 0.25) is 5.04 Å². The second-order valence-corrected chi connectivity index (χ2v) is 12.8. The van der Waals surface area contributed by atoms with Gasteiger partial charge < -0.3 is 9.16 Å². The van der Waals surface area contributed by atoms with Crippen molar-refractivity contribution in [2.45, 2.75) is 45.6 Å². The Bertz CT molecular complexity index is 853. The van der Waals surface area contributed by atoms with Crippen molar-refractivity contribution in [1.29, 1.82) is 0 Å². The van der Waals surface area contributed by atoms with Gasteiger partial charge in [0.25, 0.3) is 8.32 Å². The Morgan fingerprint density at radius 3 is 1.97 bits per heavy atom. The number of carbonyl (C=O) groups excluding carboxylic acids is 1. The first-order valence-corrected chi connectivity index (χ1v) is 12.1. The Hall–Kier alpha value is -2.43. The van der Waals surface area contributed by atoms with Crippen LogP contribution in [-0.2, 0) is 14.0 Å². The molecule has 0 spiro atoms. The average molecular weight is 407 g/mol. The maximum atomic E-state index is 11.5. The summed E-state index contributed by atoms with van der Waals surface area (Å²) in [5.41, 5.74) is 0.653. The smallest absolute Gasteiger partial charge is 0.339 e. The highest BCUT2D eigenvalue weighted by molar-refractivity contribution is 6.99. The van der Waals surface area contributed by atoms with E-state index in [1.54, 1.807) is 13.0 Å². The van der Waals surface area contributed by atoms with Gasteiger partial charge >= 0.3 is 5.97 Å². The van der Waals surface area contributed by atoms with Crippen molar-refractivity contribution in [1.82, 2.24) is 0 Å². The molecule has 0 N–H and O–H groups in total. The fraction of sp³-hybridized carbons (Fsp3) is 0.320. The van der Waals surface area contributed by atoms with Gasteiger partial charge in [0.15, 0.2) is 0 Å². The second-order valence-electron chi connectivity index (χ2n) is 8.48. The molecule has 0 aromatic heterocycles. The standard InChI is InChI=1S/C25H30O3Si/c1-20-19-21(28-24(20)26)13-11-12-18-27-29(25(2,3)4,22-14-7-5-8-15-22)23-16-9-6-10-17-23/h5-10,13-17,19H,11-12,18H2,1-4H3/b21-13-. The van der Waals surface area contributed by atoms with Crippen molar-refractivity contribution in [3.05, 3.63) is 84.1 Å². The number of esters is 1. The monoisotopic (exact) mass is 406 g/mol. The van der Waals surface area contributed by atoms with Crippen LogP contribution in [0.5, 0.6) is 0 Å². The molecule has 3 rings (SSSR count). The Balaban J connectivity index is 1.81. The molecule has 0 aliphatic carbocycles. The Labute approximate surface area is 175 Å².